The van der Waals surface area contributed by atoms with Crippen molar-refractivity contribution in [3.8, 4) is 11.1 Å². The van der Waals surface area contributed by atoms with Crippen LogP contribution in [0.4, 0.5) is 0 Å². The standard InChI is InChI=1S/C22H20ClN5O2/c1-12-21(14(3)30-26-12)18-6-4-5-16-13(2)27(8-7-17(16)18)22(29)19-9-20-24-10-15(23)11-28(20)25-19/h4-6,9-11,13H,7-8H2,1-3H3. The van der Waals surface area contributed by atoms with E-state index in [0.29, 0.717) is 22.9 Å². The Morgan fingerprint density at radius 2 is 2.13 bits per heavy atom. The van der Waals surface area contributed by atoms with E-state index in [1.165, 1.54) is 10.1 Å². The second-order valence-corrected chi connectivity index (χ2v) is 8.04. The molecule has 1 amide bonds. The number of carbonyl (C=O) groups is 1. The zero-order valence-electron chi connectivity index (χ0n) is 16.9. The van der Waals surface area contributed by atoms with Crippen molar-refractivity contribution in [2.24, 2.45) is 0 Å². The van der Waals surface area contributed by atoms with Crippen LogP contribution in [0, 0.1) is 13.8 Å². The van der Waals surface area contributed by atoms with E-state index >= 15 is 0 Å². The van der Waals surface area contributed by atoms with Gasteiger partial charge in [-0.2, -0.15) is 5.10 Å². The van der Waals surface area contributed by atoms with Crippen LogP contribution in [0.25, 0.3) is 16.8 Å². The third kappa shape index (κ3) is 2.89. The zero-order valence-corrected chi connectivity index (χ0v) is 17.6. The van der Waals surface area contributed by atoms with Crippen LogP contribution in [0.3, 0.4) is 0 Å². The van der Waals surface area contributed by atoms with Gasteiger partial charge in [-0.25, -0.2) is 9.50 Å². The third-order valence-corrected chi connectivity index (χ3v) is 5.99. The Balaban J connectivity index is 1.51. The van der Waals surface area contributed by atoms with Gasteiger partial charge in [-0.3, -0.25) is 4.79 Å². The highest BCUT2D eigenvalue weighted by Crippen LogP contribution is 2.38. The number of nitrogens with zero attached hydrogens (tertiary/aromatic N) is 5. The molecule has 0 N–H and O–H groups in total. The smallest absolute Gasteiger partial charge is 0.274 e. The largest absolute Gasteiger partial charge is 0.361 e. The van der Waals surface area contributed by atoms with Crippen LogP contribution in [0.2, 0.25) is 5.02 Å². The molecule has 0 fully saturated rings. The highest BCUT2D eigenvalue weighted by atomic mass is 35.5. The molecule has 0 aliphatic carbocycles. The van der Waals surface area contributed by atoms with Crippen LogP contribution in [0.1, 0.15) is 46.0 Å². The summed E-state index contributed by atoms with van der Waals surface area (Å²) in [5.41, 5.74) is 6.39. The van der Waals surface area contributed by atoms with Crippen LogP contribution in [0.15, 0.2) is 41.2 Å². The van der Waals surface area contributed by atoms with Gasteiger partial charge < -0.3 is 9.42 Å². The number of amides is 1. The van der Waals surface area contributed by atoms with E-state index in [1.54, 1.807) is 18.5 Å². The number of halogens is 1. The fourth-order valence-corrected chi connectivity index (χ4v) is 4.49. The van der Waals surface area contributed by atoms with E-state index in [0.717, 1.165) is 34.6 Å². The maximum absolute atomic E-state index is 13.3. The van der Waals surface area contributed by atoms with Crippen LogP contribution >= 0.6 is 11.6 Å². The van der Waals surface area contributed by atoms with Gasteiger partial charge in [0.15, 0.2) is 11.3 Å². The number of aromatic nitrogens is 4. The SMILES string of the molecule is Cc1noc(C)c1-c1cccc2c1CCN(C(=O)c1cc3ncc(Cl)cn3n1)C2C. The first kappa shape index (κ1) is 18.8. The predicted molar refractivity (Wildman–Crippen MR) is 113 cm³/mol. The Kier molecular flexibility index (Phi) is 4.36. The molecule has 0 saturated carbocycles. The molecule has 0 bridgehead atoms. The molecule has 152 valence electrons. The van der Waals surface area contributed by atoms with Gasteiger partial charge in [0, 0.05) is 24.4 Å². The lowest BCUT2D eigenvalue weighted by Crippen LogP contribution is -2.39. The third-order valence-electron chi connectivity index (χ3n) is 5.80. The summed E-state index contributed by atoms with van der Waals surface area (Å²) >= 11 is 5.99. The van der Waals surface area contributed by atoms with Crippen LogP contribution in [-0.2, 0) is 6.42 Å². The summed E-state index contributed by atoms with van der Waals surface area (Å²) in [7, 11) is 0. The van der Waals surface area contributed by atoms with Gasteiger partial charge in [-0.1, -0.05) is 35.0 Å². The average molecular weight is 422 g/mol. The monoisotopic (exact) mass is 421 g/mol. The van der Waals surface area contributed by atoms with Crippen molar-refractivity contribution in [1.82, 2.24) is 24.7 Å². The van der Waals surface area contributed by atoms with Crippen molar-refractivity contribution < 1.29 is 9.32 Å². The summed E-state index contributed by atoms with van der Waals surface area (Å²) in [6.07, 6.45) is 3.94. The molecule has 1 unspecified atom stereocenters. The second-order valence-electron chi connectivity index (χ2n) is 7.60. The van der Waals surface area contributed by atoms with Gasteiger partial charge in [-0.15, -0.1) is 0 Å². The van der Waals surface area contributed by atoms with E-state index in [1.807, 2.05) is 24.8 Å². The van der Waals surface area contributed by atoms with Crippen molar-refractivity contribution in [2.45, 2.75) is 33.2 Å². The van der Waals surface area contributed by atoms with E-state index in [4.69, 9.17) is 16.1 Å². The minimum atomic E-state index is -0.113. The number of hydrogen-bond donors (Lipinski definition) is 0. The maximum Gasteiger partial charge on any atom is 0.274 e. The zero-order chi connectivity index (χ0) is 21.0. The van der Waals surface area contributed by atoms with E-state index < -0.39 is 0 Å². The molecule has 4 heterocycles. The molecule has 0 saturated heterocycles. The summed E-state index contributed by atoms with van der Waals surface area (Å²) in [4.78, 5) is 19.3. The lowest BCUT2D eigenvalue weighted by Gasteiger charge is -2.36. The van der Waals surface area contributed by atoms with Crippen LogP contribution < -0.4 is 0 Å². The van der Waals surface area contributed by atoms with Crippen LogP contribution in [-0.4, -0.2) is 37.1 Å². The van der Waals surface area contributed by atoms with Crippen molar-refractivity contribution in [2.75, 3.05) is 6.54 Å². The molecule has 1 aliphatic heterocycles. The van der Waals surface area contributed by atoms with Gasteiger partial charge in [0.1, 0.15) is 5.76 Å². The summed E-state index contributed by atoms with van der Waals surface area (Å²) in [6.45, 7) is 6.55. The minimum absolute atomic E-state index is 0.0805. The predicted octanol–water partition coefficient (Wildman–Crippen LogP) is 4.41. The molecular formula is C22H20ClN5O2. The number of rotatable bonds is 2. The van der Waals surface area contributed by atoms with Gasteiger partial charge in [0.05, 0.1) is 23.0 Å². The summed E-state index contributed by atoms with van der Waals surface area (Å²) in [6, 6.07) is 7.84. The fraction of sp³-hybridized carbons (Fsp3) is 0.273. The minimum Gasteiger partial charge on any atom is -0.361 e. The van der Waals surface area contributed by atoms with E-state index in [2.05, 4.69) is 34.3 Å². The van der Waals surface area contributed by atoms with Gasteiger partial charge in [-0.05, 0) is 43.9 Å². The molecule has 1 aromatic carbocycles. The average Bonchev–Trinajstić information content (AvgIpc) is 3.30. The number of carbonyl (C=O) groups excluding carboxylic acids is 1. The van der Waals surface area contributed by atoms with E-state index in [9.17, 15) is 4.79 Å². The highest BCUT2D eigenvalue weighted by molar-refractivity contribution is 6.30. The molecule has 30 heavy (non-hydrogen) atoms. The van der Waals surface area contributed by atoms with Crippen LogP contribution in [0.5, 0.6) is 0 Å². The van der Waals surface area contributed by atoms with E-state index in [-0.39, 0.29) is 11.9 Å². The highest BCUT2D eigenvalue weighted by Gasteiger charge is 2.31. The first-order chi connectivity index (χ1) is 14.4. The molecule has 1 atom stereocenters. The lowest BCUT2D eigenvalue weighted by molar-refractivity contribution is 0.0671. The topological polar surface area (TPSA) is 76.5 Å². The Labute approximate surface area is 178 Å². The summed E-state index contributed by atoms with van der Waals surface area (Å²) in [5.74, 6) is 0.695. The Morgan fingerprint density at radius 3 is 2.90 bits per heavy atom. The quantitative estimate of drug-likeness (QED) is 0.479. The number of aryl methyl sites for hydroxylation is 2. The summed E-state index contributed by atoms with van der Waals surface area (Å²) < 4.78 is 6.92. The van der Waals surface area contributed by atoms with Crippen molar-refractivity contribution in [3.63, 3.8) is 0 Å². The van der Waals surface area contributed by atoms with Crippen molar-refractivity contribution in [1.29, 1.82) is 0 Å². The van der Waals surface area contributed by atoms with Crippen molar-refractivity contribution >= 4 is 23.2 Å². The molecule has 1 aliphatic rings. The van der Waals surface area contributed by atoms with Gasteiger partial charge in [0.25, 0.3) is 5.91 Å². The molecule has 7 nitrogen and oxygen atoms in total. The molecule has 0 spiro atoms. The Bertz CT molecular complexity index is 1270. The van der Waals surface area contributed by atoms with Gasteiger partial charge in [0.2, 0.25) is 0 Å². The molecule has 0 radical (unpaired) electrons. The Morgan fingerprint density at radius 1 is 1.30 bits per heavy atom. The molecule has 5 rings (SSSR count). The first-order valence-electron chi connectivity index (χ1n) is 9.81. The number of benzene rings is 1. The number of fused-ring (bicyclic) bond motifs is 2. The normalized spacial score (nSPS) is 16.1. The van der Waals surface area contributed by atoms with Gasteiger partial charge >= 0.3 is 0 Å². The summed E-state index contributed by atoms with van der Waals surface area (Å²) in [5, 5.41) is 8.95. The first-order valence-corrected chi connectivity index (χ1v) is 10.2. The molecule has 4 aromatic rings. The molecular weight excluding hydrogens is 402 g/mol. The molecule has 8 heteroatoms. The van der Waals surface area contributed by atoms with Crippen molar-refractivity contribution in [3.05, 3.63) is 70.0 Å². The molecule has 3 aromatic heterocycles. The fourth-order valence-electron chi connectivity index (χ4n) is 4.35. The lowest BCUT2D eigenvalue weighted by atomic mass is 9.86. The maximum atomic E-state index is 13.3. The Hall–Kier alpha value is -3.19. The second kappa shape index (κ2) is 6.95. The number of hydrogen-bond acceptors (Lipinski definition) is 5.